The molecule has 0 radical (unpaired) electrons. The van der Waals surface area contributed by atoms with Gasteiger partial charge in [0.15, 0.2) is 0 Å². The van der Waals surface area contributed by atoms with Crippen LogP contribution >= 0.6 is 11.8 Å². The highest BCUT2D eigenvalue weighted by Gasteiger charge is 2.08. The Kier molecular flexibility index (Phi) is 5.44. The Morgan fingerprint density at radius 2 is 2.29 bits per heavy atom. The summed E-state index contributed by atoms with van der Waals surface area (Å²) in [4.78, 5) is 11.3. The Morgan fingerprint density at radius 3 is 2.82 bits per heavy atom. The van der Waals surface area contributed by atoms with E-state index >= 15 is 0 Å². The molecule has 0 aliphatic rings. The number of hydrogen-bond donors (Lipinski definition) is 1. The Hall–Kier alpha value is -1.07. The van der Waals surface area contributed by atoms with Crippen LogP contribution in [0.3, 0.4) is 0 Å². The Morgan fingerprint density at radius 1 is 1.59 bits per heavy atom. The third-order valence-electron chi connectivity index (χ3n) is 2.23. The summed E-state index contributed by atoms with van der Waals surface area (Å²) in [6.45, 7) is 1.58. The maximum absolute atomic E-state index is 13.6. The number of carbonyl (C=O) groups excluding carboxylic acids is 1. The number of aliphatic hydroxyl groups excluding tert-OH is 1. The third-order valence-corrected chi connectivity index (χ3v) is 3.28. The second-order valence-electron chi connectivity index (χ2n) is 3.54. The maximum atomic E-state index is 13.6. The summed E-state index contributed by atoms with van der Waals surface area (Å²) in [5.74, 6) is -0.214. The van der Waals surface area contributed by atoms with E-state index in [1.807, 2.05) is 0 Å². The Bertz CT molecular complexity index is 393. The minimum Gasteiger partial charge on any atom is -0.469 e. The van der Waals surface area contributed by atoms with Gasteiger partial charge in [-0.25, -0.2) is 4.39 Å². The number of benzene rings is 1. The molecule has 0 aromatic heterocycles. The number of rotatable bonds is 5. The van der Waals surface area contributed by atoms with Gasteiger partial charge in [-0.15, -0.1) is 11.8 Å². The molecule has 0 fully saturated rings. The van der Waals surface area contributed by atoms with Gasteiger partial charge in [-0.2, -0.15) is 0 Å². The molecule has 0 saturated carbocycles. The summed E-state index contributed by atoms with van der Waals surface area (Å²) in [6, 6.07) is 4.60. The molecule has 0 saturated heterocycles. The fourth-order valence-electron chi connectivity index (χ4n) is 1.24. The number of hydrogen-bond acceptors (Lipinski definition) is 4. The van der Waals surface area contributed by atoms with Crippen LogP contribution in [0, 0.1) is 5.82 Å². The lowest BCUT2D eigenvalue weighted by Gasteiger charge is -2.07. The first-order chi connectivity index (χ1) is 8.04. The van der Waals surface area contributed by atoms with E-state index in [0.717, 1.165) is 0 Å². The van der Waals surface area contributed by atoms with Crippen LogP contribution in [0.15, 0.2) is 23.1 Å². The van der Waals surface area contributed by atoms with Crippen molar-refractivity contribution in [2.75, 3.05) is 12.9 Å². The van der Waals surface area contributed by atoms with Crippen molar-refractivity contribution in [3.63, 3.8) is 0 Å². The van der Waals surface area contributed by atoms with Crippen molar-refractivity contribution < 1.29 is 19.0 Å². The monoisotopic (exact) mass is 258 g/mol. The summed E-state index contributed by atoms with van der Waals surface area (Å²) in [5, 5.41) is 9.29. The van der Waals surface area contributed by atoms with Crippen LogP contribution in [0.1, 0.15) is 25.0 Å². The van der Waals surface area contributed by atoms with Crippen molar-refractivity contribution in [1.29, 1.82) is 0 Å². The molecular formula is C12H15FO3S. The van der Waals surface area contributed by atoms with Crippen LogP contribution in [0.4, 0.5) is 4.39 Å². The molecule has 0 aliphatic heterocycles. The van der Waals surface area contributed by atoms with E-state index < -0.39 is 6.10 Å². The molecule has 0 bridgehead atoms. The van der Waals surface area contributed by atoms with Gasteiger partial charge in [0.2, 0.25) is 0 Å². The van der Waals surface area contributed by atoms with Gasteiger partial charge in [0.25, 0.3) is 0 Å². The number of methoxy groups -OCH3 is 1. The van der Waals surface area contributed by atoms with Crippen LogP contribution in [-0.2, 0) is 9.53 Å². The highest BCUT2D eigenvalue weighted by atomic mass is 32.2. The van der Waals surface area contributed by atoms with Crippen LogP contribution in [0.5, 0.6) is 0 Å². The van der Waals surface area contributed by atoms with Gasteiger partial charge < -0.3 is 9.84 Å². The molecule has 0 aliphatic carbocycles. The second-order valence-corrected chi connectivity index (χ2v) is 4.68. The average Bonchev–Trinajstić information content (AvgIpc) is 2.30. The Labute approximate surface area is 104 Å². The number of ether oxygens (including phenoxy) is 1. The zero-order valence-electron chi connectivity index (χ0n) is 9.77. The van der Waals surface area contributed by atoms with Crippen molar-refractivity contribution in [1.82, 2.24) is 0 Å². The van der Waals surface area contributed by atoms with Gasteiger partial charge in [-0.3, -0.25) is 4.79 Å². The molecule has 5 heteroatoms. The number of thioether (sulfide) groups is 1. The minimum absolute atomic E-state index is 0.249. The van der Waals surface area contributed by atoms with Crippen LogP contribution in [0.25, 0.3) is 0 Å². The average molecular weight is 258 g/mol. The van der Waals surface area contributed by atoms with E-state index in [2.05, 4.69) is 4.74 Å². The molecule has 17 heavy (non-hydrogen) atoms. The summed E-state index contributed by atoms with van der Waals surface area (Å²) < 4.78 is 18.1. The lowest BCUT2D eigenvalue weighted by Crippen LogP contribution is -2.01. The molecular weight excluding hydrogens is 243 g/mol. The van der Waals surface area contributed by atoms with Gasteiger partial charge in [-0.05, 0) is 24.6 Å². The SMILES string of the molecule is COC(=O)CCSc1ccc([C@H](C)O)cc1F. The van der Waals surface area contributed by atoms with Crippen molar-refractivity contribution >= 4 is 17.7 Å². The molecule has 1 N–H and O–H groups in total. The first-order valence-corrected chi connectivity index (χ1v) is 6.20. The highest BCUT2D eigenvalue weighted by Crippen LogP contribution is 2.25. The molecule has 0 heterocycles. The van der Waals surface area contributed by atoms with Gasteiger partial charge in [0, 0.05) is 10.6 Å². The van der Waals surface area contributed by atoms with Crippen molar-refractivity contribution in [3.8, 4) is 0 Å². The molecule has 1 atom stereocenters. The first kappa shape index (κ1) is 14.0. The second kappa shape index (κ2) is 6.61. The van der Waals surface area contributed by atoms with E-state index in [0.29, 0.717) is 16.2 Å². The highest BCUT2D eigenvalue weighted by molar-refractivity contribution is 7.99. The van der Waals surface area contributed by atoms with E-state index in [9.17, 15) is 14.3 Å². The van der Waals surface area contributed by atoms with E-state index in [-0.39, 0.29) is 18.2 Å². The number of halogens is 1. The molecule has 94 valence electrons. The predicted molar refractivity (Wildman–Crippen MR) is 64.4 cm³/mol. The number of esters is 1. The molecule has 1 aromatic rings. The standard InChI is InChI=1S/C12H15FO3S/c1-8(14)9-3-4-11(10(13)7-9)17-6-5-12(15)16-2/h3-4,7-8,14H,5-6H2,1-2H3/t8-/m0/s1. The Balaban J connectivity index is 2.57. The van der Waals surface area contributed by atoms with Crippen LogP contribution in [-0.4, -0.2) is 23.9 Å². The van der Waals surface area contributed by atoms with Gasteiger partial charge in [0.05, 0.1) is 19.6 Å². The summed E-state index contributed by atoms with van der Waals surface area (Å²) in [6.07, 6.45) is -0.433. The predicted octanol–water partition coefficient (Wildman–Crippen LogP) is 2.53. The smallest absolute Gasteiger partial charge is 0.306 e. The zero-order valence-corrected chi connectivity index (χ0v) is 10.6. The summed E-state index contributed by atoms with van der Waals surface area (Å²) in [7, 11) is 1.32. The van der Waals surface area contributed by atoms with Gasteiger partial charge >= 0.3 is 5.97 Å². The van der Waals surface area contributed by atoms with Gasteiger partial charge in [0.1, 0.15) is 5.82 Å². The molecule has 1 rings (SSSR count). The maximum Gasteiger partial charge on any atom is 0.306 e. The zero-order chi connectivity index (χ0) is 12.8. The first-order valence-electron chi connectivity index (χ1n) is 5.21. The number of aliphatic hydroxyl groups is 1. The van der Waals surface area contributed by atoms with Crippen molar-refractivity contribution in [2.45, 2.75) is 24.3 Å². The van der Waals surface area contributed by atoms with Crippen molar-refractivity contribution in [3.05, 3.63) is 29.6 Å². The van der Waals surface area contributed by atoms with Crippen molar-refractivity contribution in [2.24, 2.45) is 0 Å². The molecule has 0 amide bonds. The van der Waals surface area contributed by atoms with Gasteiger partial charge in [-0.1, -0.05) is 6.07 Å². The molecule has 1 aromatic carbocycles. The lowest BCUT2D eigenvalue weighted by molar-refractivity contribution is -0.140. The molecule has 3 nitrogen and oxygen atoms in total. The largest absolute Gasteiger partial charge is 0.469 e. The molecule has 0 spiro atoms. The van der Waals surface area contributed by atoms with E-state index in [1.165, 1.54) is 24.9 Å². The quantitative estimate of drug-likeness (QED) is 0.651. The molecule has 0 unspecified atom stereocenters. The van der Waals surface area contributed by atoms with E-state index in [4.69, 9.17) is 0 Å². The normalized spacial score (nSPS) is 12.2. The number of carbonyl (C=O) groups is 1. The van der Waals surface area contributed by atoms with Crippen LogP contribution in [0.2, 0.25) is 0 Å². The fourth-order valence-corrected chi connectivity index (χ4v) is 2.09. The summed E-state index contributed by atoms with van der Waals surface area (Å²) >= 11 is 1.25. The minimum atomic E-state index is -0.682. The lowest BCUT2D eigenvalue weighted by atomic mass is 10.1. The van der Waals surface area contributed by atoms with E-state index in [1.54, 1.807) is 19.1 Å². The fraction of sp³-hybridized carbons (Fsp3) is 0.417. The summed E-state index contributed by atoms with van der Waals surface area (Å²) in [5.41, 5.74) is 0.541. The topological polar surface area (TPSA) is 46.5 Å². The van der Waals surface area contributed by atoms with Crippen LogP contribution < -0.4 is 0 Å². The third kappa shape index (κ3) is 4.36.